The Morgan fingerprint density at radius 1 is 1.19 bits per heavy atom. The topological polar surface area (TPSA) is 94.8 Å². The minimum absolute atomic E-state index is 0.279. The van der Waals surface area contributed by atoms with Crippen LogP contribution in [0.25, 0.3) is 0 Å². The van der Waals surface area contributed by atoms with Crippen molar-refractivity contribution in [2.24, 2.45) is 0 Å². The van der Waals surface area contributed by atoms with Gasteiger partial charge in [0.2, 0.25) is 0 Å². The van der Waals surface area contributed by atoms with Gasteiger partial charge in [0.25, 0.3) is 5.91 Å². The van der Waals surface area contributed by atoms with Crippen LogP contribution >= 0.6 is 11.3 Å². The third-order valence-corrected chi connectivity index (χ3v) is 5.68. The summed E-state index contributed by atoms with van der Waals surface area (Å²) >= 11 is 1.39. The first kappa shape index (κ1) is 19.2. The van der Waals surface area contributed by atoms with E-state index in [9.17, 15) is 14.4 Å². The maximum absolute atomic E-state index is 12.3. The van der Waals surface area contributed by atoms with E-state index < -0.39 is 24.5 Å². The Labute approximate surface area is 160 Å². The number of methoxy groups -OCH3 is 1. The molecule has 8 heteroatoms. The Hall–Kier alpha value is -2.61. The van der Waals surface area contributed by atoms with E-state index in [0.29, 0.717) is 16.3 Å². The van der Waals surface area contributed by atoms with E-state index >= 15 is 0 Å². The molecule has 0 aliphatic heterocycles. The number of thiophene rings is 1. The highest BCUT2D eigenvalue weighted by Crippen LogP contribution is 2.37. The maximum Gasteiger partial charge on any atom is 0.342 e. The Kier molecular flexibility index (Phi) is 5.95. The second kappa shape index (κ2) is 8.39. The molecular formula is C19H21NO6S. The van der Waals surface area contributed by atoms with E-state index in [1.165, 1.54) is 30.8 Å². The van der Waals surface area contributed by atoms with Crippen LogP contribution in [-0.4, -0.2) is 31.6 Å². The molecule has 0 spiro atoms. The van der Waals surface area contributed by atoms with Crippen LogP contribution in [0.2, 0.25) is 0 Å². The predicted molar refractivity (Wildman–Crippen MR) is 99.3 cm³/mol. The van der Waals surface area contributed by atoms with E-state index in [2.05, 4.69) is 5.32 Å². The molecule has 7 nitrogen and oxygen atoms in total. The molecule has 0 unspecified atom stereocenters. The van der Waals surface area contributed by atoms with E-state index in [4.69, 9.17) is 13.9 Å². The average molecular weight is 391 g/mol. The number of ether oxygens (including phenoxy) is 2. The summed E-state index contributed by atoms with van der Waals surface area (Å²) in [5, 5.41) is 3.15. The van der Waals surface area contributed by atoms with Gasteiger partial charge in [0.15, 0.2) is 6.61 Å². The van der Waals surface area contributed by atoms with Gasteiger partial charge in [-0.15, -0.1) is 11.3 Å². The SMILES string of the molecule is COC(=O)c1c(NC(=O)COC(=O)c2ccoc2C)sc2c1CCCCC2. The summed E-state index contributed by atoms with van der Waals surface area (Å²) < 4.78 is 15.0. The number of esters is 2. The number of hydrogen-bond donors (Lipinski definition) is 1. The molecule has 2 aromatic heterocycles. The maximum atomic E-state index is 12.3. The highest BCUT2D eigenvalue weighted by atomic mass is 32.1. The standard InChI is InChI=1S/C19H21NO6S/c1-11-12(8-9-25-11)18(22)26-10-15(21)20-17-16(19(23)24-2)13-6-4-3-5-7-14(13)27-17/h8-9H,3-7,10H2,1-2H3,(H,20,21). The number of fused-ring (bicyclic) bond motifs is 1. The van der Waals surface area contributed by atoms with E-state index in [0.717, 1.165) is 42.5 Å². The molecule has 0 atom stereocenters. The number of carbonyl (C=O) groups is 3. The summed E-state index contributed by atoms with van der Waals surface area (Å²) in [6, 6.07) is 1.49. The fourth-order valence-electron chi connectivity index (χ4n) is 3.12. The number of nitrogens with one attached hydrogen (secondary N) is 1. The van der Waals surface area contributed by atoms with Crippen molar-refractivity contribution in [1.29, 1.82) is 0 Å². The summed E-state index contributed by atoms with van der Waals surface area (Å²) in [5.41, 5.74) is 1.66. The van der Waals surface area contributed by atoms with Crippen LogP contribution in [0.3, 0.4) is 0 Å². The van der Waals surface area contributed by atoms with Gasteiger partial charge in [0.05, 0.1) is 18.9 Å². The number of carbonyl (C=O) groups excluding carboxylic acids is 3. The molecule has 1 aliphatic carbocycles. The molecule has 3 rings (SSSR count). The average Bonchev–Trinajstić information content (AvgIpc) is 3.15. The monoisotopic (exact) mass is 391 g/mol. The zero-order valence-corrected chi connectivity index (χ0v) is 16.1. The molecule has 0 aromatic carbocycles. The van der Waals surface area contributed by atoms with Gasteiger partial charge in [0.1, 0.15) is 16.3 Å². The molecule has 2 aromatic rings. The number of rotatable bonds is 5. The van der Waals surface area contributed by atoms with Crippen LogP contribution in [0.15, 0.2) is 16.7 Å². The minimum Gasteiger partial charge on any atom is -0.469 e. The molecule has 2 heterocycles. The molecule has 1 aliphatic rings. The molecule has 1 amide bonds. The zero-order chi connectivity index (χ0) is 19.4. The molecule has 0 radical (unpaired) electrons. The van der Waals surface area contributed by atoms with E-state index in [1.807, 2.05) is 0 Å². The zero-order valence-electron chi connectivity index (χ0n) is 15.3. The van der Waals surface area contributed by atoms with E-state index in [1.54, 1.807) is 6.92 Å². The van der Waals surface area contributed by atoms with E-state index in [-0.39, 0.29) is 5.56 Å². The summed E-state index contributed by atoms with van der Waals surface area (Å²) in [5.74, 6) is -1.18. The molecule has 0 saturated carbocycles. The highest BCUT2D eigenvalue weighted by Gasteiger charge is 2.26. The van der Waals surface area contributed by atoms with Gasteiger partial charge in [-0.05, 0) is 44.2 Å². The lowest BCUT2D eigenvalue weighted by molar-refractivity contribution is -0.119. The Morgan fingerprint density at radius 3 is 2.67 bits per heavy atom. The van der Waals surface area contributed by atoms with Gasteiger partial charge in [-0.2, -0.15) is 0 Å². The lowest BCUT2D eigenvalue weighted by Gasteiger charge is -2.08. The molecule has 1 N–H and O–H groups in total. The van der Waals surface area contributed by atoms with Crippen molar-refractivity contribution in [2.45, 2.75) is 39.0 Å². The van der Waals surface area contributed by atoms with Gasteiger partial charge in [-0.1, -0.05) is 6.42 Å². The second-order valence-electron chi connectivity index (χ2n) is 6.27. The lowest BCUT2D eigenvalue weighted by Crippen LogP contribution is -2.21. The summed E-state index contributed by atoms with van der Waals surface area (Å²) in [6.45, 7) is 1.19. The van der Waals surface area contributed by atoms with Crippen molar-refractivity contribution >= 4 is 34.2 Å². The first-order chi connectivity index (χ1) is 13.0. The van der Waals surface area contributed by atoms with Crippen LogP contribution < -0.4 is 5.32 Å². The lowest BCUT2D eigenvalue weighted by atomic mass is 10.1. The third kappa shape index (κ3) is 4.21. The predicted octanol–water partition coefficient (Wildman–Crippen LogP) is 3.50. The third-order valence-electron chi connectivity index (χ3n) is 4.48. The highest BCUT2D eigenvalue weighted by molar-refractivity contribution is 7.17. The second-order valence-corrected chi connectivity index (χ2v) is 7.38. The molecular weight excluding hydrogens is 370 g/mol. The Morgan fingerprint density at radius 2 is 1.96 bits per heavy atom. The van der Waals surface area contributed by atoms with Crippen molar-refractivity contribution in [2.75, 3.05) is 19.0 Å². The van der Waals surface area contributed by atoms with Crippen LogP contribution in [0.1, 0.15) is 56.2 Å². The Balaban J connectivity index is 1.71. The van der Waals surface area contributed by atoms with Gasteiger partial charge in [-0.3, -0.25) is 4.79 Å². The summed E-state index contributed by atoms with van der Waals surface area (Å²) in [7, 11) is 1.32. The van der Waals surface area contributed by atoms with Crippen molar-refractivity contribution in [3.63, 3.8) is 0 Å². The number of anilines is 1. The van der Waals surface area contributed by atoms with Gasteiger partial charge >= 0.3 is 11.9 Å². The Bertz CT molecular complexity index is 866. The van der Waals surface area contributed by atoms with Crippen molar-refractivity contribution < 1.29 is 28.3 Å². The normalized spacial score (nSPS) is 13.4. The number of furan rings is 1. The molecule has 144 valence electrons. The minimum atomic E-state index is -0.633. The van der Waals surface area contributed by atoms with Crippen LogP contribution in [0.4, 0.5) is 5.00 Å². The molecule has 0 saturated heterocycles. The molecule has 0 bridgehead atoms. The molecule has 27 heavy (non-hydrogen) atoms. The van der Waals surface area contributed by atoms with Crippen molar-refractivity contribution in [3.8, 4) is 0 Å². The van der Waals surface area contributed by atoms with Gasteiger partial charge < -0.3 is 19.2 Å². The number of aryl methyl sites for hydroxylation is 2. The molecule has 0 fully saturated rings. The summed E-state index contributed by atoms with van der Waals surface area (Å²) in [4.78, 5) is 37.6. The van der Waals surface area contributed by atoms with Crippen molar-refractivity contribution in [3.05, 3.63) is 39.7 Å². The van der Waals surface area contributed by atoms with Gasteiger partial charge in [-0.25, -0.2) is 9.59 Å². The fourth-order valence-corrected chi connectivity index (χ4v) is 4.41. The number of amides is 1. The quantitative estimate of drug-likeness (QED) is 0.619. The van der Waals surface area contributed by atoms with Gasteiger partial charge in [0, 0.05) is 4.88 Å². The number of hydrogen-bond acceptors (Lipinski definition) is 7. The van der Waals surface area contributed by atoms with Crippen LogP contribution in [-0.2, 0) is 27.1 Å². The first-order valence-corrected chi connectivity index (χ1v) is 9.56. The smallest absolute Gasteiger partial charge is 0.342 e. The van der Waals surface area contributed by atoms with Crippen LogP contribution in [0, 0.1) is 6.92 Å². The van der Waals surface area contributed by atoms with Crippen molar-refractivity contribution in [1.82, 2.24) is 0 Å². The largest absolute Gasteiger partial charge is 0.469 e. The van der Waals surface area contributed by atoms with Crippen LogP contribution in [0.5, 0.6) is 0 Å². The summed E-state index contributed by atoms with van der Waals surface area (Å²) in [6.07, 6.45) is 6.24. The fraction of sp³-hybridized carbons (Fsp3) is 0.421. The first-order valence-electron chi connectivity index (χ1n) is 8.75.